The zero-order chi connectivity index (χ0) is 23.9. The first-order chi connectivity index (χ1) is 14.9. The highest BCUT2D eigenvalue weighted by Crippen LogP contribution is 2.54. The summed E-state index contributed by atoms with van der Waals surface area (Å²) in [5.74, 6) is -8.77. The number of benzene rings is 1. The summed E-state index contributed by atoms with van der Waals surface area (Å²) >= 11 is 0. The van der Waals surface area contributed by atoms with E-state index in [0.717, 1.165) is 0 Å². The van der Waals surface area contributed by atoms with Crippen LogP contribution in [-0.4, -0.2) is 79.7 Å². The summed E-state index contributed by atoms with van der Waals surface area (Å²) in [6.07, 6.45) is -1.69. The summed E-state index contributed by atoms with van der Waals surface area (Å²) in [4.78, 5) is 39.7. The number of aliphatic hydroxyl groups excluding tert-OH is 3. The maximum Gasteiger partial charge on any atom is 0.255 e. The summed E-state index contributed by atoms with van der Waals surface area (Å²) in [7, 11) is 2.93. The van der Waals surface area contributed by atoms with E-state index in [2.05, 4.69) is 6.58 Å². The molecule has 0 fully saturated rings. The number of nitrogens with zero attached hydrogens (tertiary/aromatic N) is 1. The van der Waals surface area contributed by atoms with Crippen LogP contribution in [0.3, 0.4) is 0 Å². The Morgan fingerprint density at radius 3 is 2.38 bits per heavy atom. The van der Waals surface area contributed by atoms with E-state index in [4.69, 9.17) is 5.73 Å². The van der Waals surface area contributed by atoms with E-state index < -0.39 is 75.5 Å². The second kappa shape index (κ2) is 6.76. The van der Waals surface area contributed by atoms with Crippen LogP contribution >= 0.6 is 0 Å². The van der Waals surface area contributed by atoms with Gasteiger partial charge in [-0.25, -0.2) is 0 Å². The Kier molecular flexibility index (Phi) is 4.60. The number of phenolic OH excluding ortho intramolecular Hbond substituents is 1. The van der Waals surface area contributed by atoms with Gasteiger partial charge in [0.15, 0.2) is 11.4 Å². The SMILES string of the molecule is C=C1c2cccc(O)c2C(=O)C2=C(O)C3(O)C(=O)C(C(N)=O)=C(O)[C@@H](N(C)C)C3C(O)C12. The minimum Gasteiger partial charge on any atom is -0.510 e. The van der Waals surface area contributed by atoms with Crippen molar-refractivity contribution < 1.29 is 39.9 Å². The van der Waals surface area contributed by atoms with E-state index in [1.54, 1.807) is 0 Å². The molecule has 168 valence electrons. The summed E-state index contributed by atoms with van der Waals surface area (Å²) in [5, 5.41) is 54.8. The van der Waals surface area contributed by atoms with Crippen molar-refractivity contribution in [3.8, 4) is 5.75 Å². The number of amides is 1. The van der Waals surface area contributed by atoms with Crippen molar-refractivity contribution in [1.82, 2.24) is 4.90 Å². The van der Waals surface area contributed by atoms with Crippen LogP contribution in [0.15, 0.2) is 47.4 Å². The third-order valence-corrected chi connectivity index (χ3v) is 6.61. The van der Waals surface area contributed by atoms with Crippen molar-refractivity contribution in [2.45, 2.75) is 17.7 Å². The van der Waals surface area contributed by atoms with Crippen molar-refractivity contribution >= 4 is 23.0 Å². The van der Waals surface area contributed by atoms with Gasteiger partial charge in [0.05, 0.1) is 29.2 Å². The van der Waals surface area contributed by atoms with E-state index >= 15 is 0 Å². The van der Waals surface area contributed by atoms with Gasteiger partial charge in [-0.15, -0.1) is 0 Å². The molecule has 3 aliphatic carbocycles. The van der Waals surface area contributed by atoms with Crippen molar-refractivity contribution in [2.75, 3.05) is 14.1 Å². The fourth-order valence-corrected chi connectivity index (χ4v) is 5.22. The number of aromatic hydroxyl groups is 1. The first kappa shape index (κ1) is 21.8. The minimum absolute atomic E-state index is 0.167. The number of Topliss-reactive ketones (excluding diaryl/α,β-unsaturated/α-hetero) is 2. The maximum atomic E-state index is 13.3. The summed E-state index contributed by atoms with van der Waals surface area (Å²) < 4.78 is 0. The fourth-order valence-electron chi connectivity index (χ4n) is 5.22. The molecule has 0 spiro atoms. The van der Waals surface area contributed by atoms with Crippen LogP contribution in [0.4, 0.5) is 0 Å². The number of aliphatic hydroxyl groups is 4. The lowest BCUT2D eigenvalue weighted by molar-refractivity contribution is -0.159. The Morgan fingerprint density at radius 2 is 1.81 bits per heavy atom. The molecular weight excluding hydrogens is 420 g/mol. The molecule has 10 heteroatoms. The van der Waals surface area contributed by atoms with Gasteiger partial charge in [-0.3, -0.25) is 19.3 Å². The normalized spacial score (nSPS) is 32.1. The number of hydrogen-bond donors (Lipinski definition) is 6. The lowest BCUT2D eigenvalue weighted by Crippen LogP contribution is -2.68. The lowest BCUT2D eigenvalue weighted by atomic mass is 9.56. The standard InChI is InChI=1S/C22H22N2O8/c1-7-8-5-4-6-9(25)11(8)16(26)12-10(7)17(27)14-15(24(2)3)18(28)13(21(23)31)20(30)22(14,32)19(12)29/h4-6,10,14-15,17,25,27-29,32H,1H2,2-3H3,(H2,23,31)/t10?,14?,15-,17?,22?/m0/s1. The molecule has 7 N–H and O–H groups in total. The van der Waals surface area contributed by atoms with Crippen LogP contribution in [0.25, 0.3) is 5.57 Å². The van der Waals surface area contributed by atoms with Crippen molar-refractivity contribution in [1.29, 1.82) is 0 Å². The molecule has 0 aromatic heterocycles. The van der Waals surface area contributed by atoms with Gasteiger partial charge in [0, 0.05) is 5.92 Å². The smallest absolute Gasteiger partial charge is 0.255 e. The molecule has 4 rings (SSSR count). The topological polar surface area (TPSA) is 182 Å². The number of nitrogens with two attached hydrogens (primary N) is 1. The van der Waals surface area contributed by atoms with E-state index in [1.165, 1.54) is 37.2 Å². The van der Waals surface area contributed by atoms with E-state index in [1.807, 2.05) is 0 Å². The molecule has 0 saturated carbocycles. The third-order valence-electron chi connectivity index (χ3n) is 6.61. The molecule has 0 bridgehead atoms. The molecule has 1 aromatic rings. The molecule has 10 nitrogen and oxygen atoms in total. The Balaban J connectivity index is 2.07. The first-order valence-electron chi connectivity index (χ1n) is 9.71. The molecular formula is C22H22N2O8. The summed E-state index contributed by atoms with van der Waals surface area (Å²) in [5.41, 5.74) is 1.06. The average molecular weight is 442 g/mol. The van der Waals surface area contributed by atoms with Crippen molar-refractivity contribution in [2.24, 2.45) is 17.6 Å². The maximum absolute atomic E-state index is 13.3. The second-order valence-corrected chi connectivity index (χ2v) is 8.44. The van der Waals surface area contributed by atoms with Crippen LogP contribution in [0, 0.1) is 11.8 Å². The second-order valence-electron chi connectivity index (χ2n) is 8.44. The van der Waals surface area contributed by atoms with Gasteiger partial charge in [-0.2, -0.15) is 0 Å². The Labute approximate surface area is 182 Å². The van der Waals surface area contributed by atoms with Crippen LogP contribution < -0.4 is 5.73 Å². The number of carbonyl (C=O) groups is 3. The molecule has 1 amide bonds. The number of carbonyl (C=O) groups excluding carboxylic acids is 3. The Hall–Kier alpha value is -3.47. The van der Waals surface area contributed by atoms with Gasteiger partial charge >= 0.3 is 0 Å². The van der Waals surface area contributed by atoms with Gasteiger partial charge in [0.2, 0.25) is 5.78 Å². The largest absolute Gasteiger partial charge is 0.510 e. The van der Waals surface area contributed by atoms with Crippen LogP contribution in [0.1, 0.15) is 15.9 Å². The van der Waals surface area contributed by atoms with E-state index in [-0.39, 0.29) is 16.7 Å². The highest BCUT2D eigenvalue weighted by Gasteiger charge is 2.67. The zero-order valence-corrected chi connectivity index (χ0v) is 17.2. The number of ketones is 2. The Bertz CT molecular complexity index is 1180. The number of phenols is 1. The molecule has 32 heavy (non-hydrogen) atoms. The van der Waals surface area contributed by atoms with E-state index in [9.17, 15) is 39.9 Å². The van der Waals surface area contributed by atoms with Crippen molar-refractivity contribution in [3.63, 3.8) is 0 Å². The molecule has 4 unspecified atom stereocenters. The van der Waals surface area contributed by atoms with Crippen LogP contribution in [-0.2, 0) is 9.59 Å². The van der Waals surface area contributed by atoms with Gasteiger partial charge in [-0.05, 0) is 31.3 Å². The highest BCUT2D eigenvalue weighted by molar-refractivity contribution is 6.25. The van der Waals surface area contributed by atoms with Gasteiger partial charge < -0.3 is 31.3 Å². The van der Waals surface area contributed by atoms with Gasteiger partial charge in [0.25, 0.3) is 5.91 Å². The third kappa shape index (κ3) is 2.42. The van der Waals surface area contributed by atoms with E-state index in [0.29, 0.717) is 0 Å². The molecule has 0 radical (unpaired) electrons. The average Bonchev–Trinajstić information content (AvgIpc) is 2.70. The van der Waals surface area contributed by atoms with Gasteiger partial charge in [0.1, 0.15) is 22.8 Å². The number of fused-ring (bicyclic) bond motifs is 3. The minimum atomic E-state index is -2.94. The summed E-state index contributed by atoms with van der Waals surface area (Å²) in [6.45, 7) is 3.91. The molecule has 0 heterocycles. The quantitative estimate of drug-likeness (QED) is 0.331. The molecule has 5 atom stereocenters. The molecule has 0 aliphatic heterocycles. The van der Waals surface area contributed by atoms with Gasteiger partial charge in [-0.1, -0.05) is 18.7 Å². The van der Waals surface area contributed by atoms with Crippen LogP contribution in [0.5, 0.6) is 5.75 Å². The number of rotatable bonds is 2. The predicted octanol–water partition coefficient (Wildman–Crippen LogP) is -0.438. The monoisotopic (exact) mass is 442 g/mol. The Morgan fingerprint density at radius 1 is 1.19 bits per heavy atom. The molecule has 3 aliphatic rings. The predicted molar refractivity (Wildman–Crippen MR) is 110 cm³/mol. The highest BCUT2D eigenvalue weighted by atomic mass is 16.4. The van der Waals surface area contributed by atoms with Crippen molar-refractivity contribution in [3.05, 3.63) is 58.6 Å². The number of likely N-dealkylation sites (N-methyl/N-ethyl adjacent to an activating group) is 1. The number of hydrogen-bond acceptors (Lipinski definition) is 9. The fraction of sp³-hybridized carbons (Fsp3) is 0.318. The number of primary amides is 1. The lowest BCUT2D eigenvalue weighted by Gasteiger charge is -2.52. The zero-order valence-electron chi connectivity index (χ0n) is 17.2. The molecule has 0 saturated heterocycles. The molecule has 1 aromatic carbocycles. The van der Waals surface area contributed by atoms with Crippen LogP contribution in [0.2, 0.25) is 0 Å². The first-order valence-corrected chi connectivity index (χ1v) is 9.71. The summed E-state index contributed by atoms with van der Waals surface area (Å²) in [6, 6.07) is 2.92.